The summed E-state index contributed by atoms with van der Waals surface area (Å²) in [4.78, 5) is 31.4. The van der Waals surface area contributed by atoms with E-state index in [9.17, 15) is 9.59 Å². The lowest BCUT2D eigenvalue weighted by Crippen LogP contribution is -2.36. The van der Waals surface area contributed by atoms with E-state index in [1.807, 2.05) is 37.8 Å². The van der Waals surface area contributed by atoms with E-state index < -0.39 is 5.60 Å². The summed E-state index contributed by atoms with van der Waals surface area (Å²) in [5.41, 5.74) is 0.457. The molecule has 1 aromatic heterocycles. The van der Waals surface area contributed by atoms with Crippen molar-refractivity contribution in [2.75, 3.05) is 11.4 Å². The molecule has 0 N–H and O–H groups in total. The van der Waals surface area contributed by atoms with E-state index in [-0.39, 0.29) is 23.7 Å². The monoisotopic (exact) mass is 372 g/mol. The summed E-state index contributed by atoms with van der Waals surface area (Å²) in [5.74, 6) is 0.753. The van der Waals surface area contributed by atoms with Crippen LogP contribution < -0.4 is 4.90 Å². The number of amides is 1. The van der Waals surface area contributed by atoms with Crippen molar-refractivity contribution in [3.05, 3.63) is 24.5 Å². The molecule has 0 aliphatic heterocycles. The van der Waals surface area contributed by atoms with E-state index in [1.54, 1.807) is 12.4 Å². The zero-order chi connectivity index (χ0) is 19.4. The van der Waals surface area contributed by atoms with Gasteiger partial charge in [-0.2, -0.15) is 0 Å². The summed E-state index contributed by atoms with van der Waals surface area (Å²) in [6.45, 7) is 6.47. The first-order valence-electron chi connectivity index (χ1n) is 10.3. The van der Waals surface area contributed by atoms with Crippen LogP contribution in [0.3, 0.4) is 0 Å². The highest BCUT2D eigenvalue weighted by Crippen LogP contribution is 2.35. The van der Waals surface area contributed by atoms with Crippen LogP contribution in [0.4, 0.5) is 5.69 Å². The first-order chi connectivity index (χ1) is 12.8. The number of aromatic nitrogens is 1. The van der Waals surface area contributed by atoms with Gasteiger partial charge in [0.1, 0.15) is 5.60 Å². The molecule has 2 aliphatic rings. The van der Waals surface area contributed by atoms with Gasteiger partial charge in [0.25, 0.3) is 0 Å². The predicted molar refractivity (Wildman–Crippen MR) is 105 cm³/mol. The van der Waals surface area contributed by atoms with E-state index >= 15 is 0 Å². The maximum Gasteiger partial charge on any atom is 0.309 e. The molecule has 0 radical (unpaired) electrons. The summed E-state index contributed by atoms with van der Waals surface area (Å²) in [5, 5.41) is 0. The molecule has 2 atom stereocenters. The number of carbonyl (C=O) groups excluding carboxylic acids is 2. The molecular weight excluding hydrogens is 340 g/mol. The number of anilines is 1. The first-order valence-corrected chi connectivity index (χ1v) is 10.3. The number of esters is 1. The van der Waals surface area contributed by atoms with Crippen LogP contribution >= 0.6 is 0 Å². The minimum absolute atomic E-state index is 0.0137. The van der Waals surface area contributed by atoms with Crippen LogP contribution in [0.5, 0.6) is 0 Å². The Labute approximate surface area is 162 Å². The summed E-state index contributed by atoms with van der Waals surface area (Å²) in [6.07, 6.45) is 10.3. The van der Waals surface area contributed by atoms with Crippen molar-refractivity contribution in [2.45, 2.75) is 71.3 Å². The molecule has 0 saturated heterocycles. The van der Waals surface area contributed by atoms with Gasteiger partial charge in [-0.3, -0.25) is 14.6 Å². The second-order valence-corrected chi connectivity index (χ2v) is 9.04. The van der Waals surface area contributed by atoms with E-state index in [0.29, 0.717) is 5.92 Å². The lowest BCUT2D eigenvalue weighted by molar-refractivity contribution is -0.160. The van der Waals surface area contributed by atoms with Crippen LogP contribution in [0, 0.1) is 17.8 Å². The summed E-state index contributed by atoms with van der Waals surface area (Å²) in [6, 6.07) is 3.85. The third-order valence-corrected chi connectivity index (χ3v) is 5.42. The van der Waals surface area contributed by atoms with Crippen LogP contribution in [0.1, 0.15) is 65.7 Å². The molecule has 0 bridgehead atoms. The molecule has 1 amide bonds. The number of carbonyl (C=O) groups is 2. The van der Waals surface area contributed by atoms with Gasteiger partial charge >= 0.3 is 5.97 Å². The molecule has 1 aromatic rings. The maximum atomic E-state index is 12.8. The molecule has 5 nitrogen and oxygen atoms in total. The van der Waals surface area contributed by atoms with Crippen LogP contribution in [-0.2, 0) is 14.3 Å². The number of hydrogen-bond acceptors (Lipinski definition) is 4. The van der Waals surface area contributed by atoms with Gasteiger partial charge in [0.15, 0.2) is 0 Å². The highest BCUT2D eigenvalue weighted by atomic mass is 16.6. The third-order valence-electron chi connectivity index (χ3n) is 5.42. The molecule has 27 heavy (non-hydrogen) atoms. The Balaban J connectivity index is 1.62. The number of hydrogen-bond donors (Lipinski definition) is 0. The lowest BCUT2D eigenvalue weighted by atomic mass is 9.97. The Morgan fingerprint density at radius 2 is 1.85 bits per heavy atom. The Kier molecular flexibility index (Phi) is 6.18. The average molecular weight is 373 g/mol. The Bertz CT molecular complexity index is 649. The molecule has 3 rings (SSSR count). The average Bonchev–Trinajstić information content (AvgIpc) is 3.45. The standard InChI is InChI=1S/C22H32N2O3/c1-22(2,3)27-21(26)18-7-4-6-16(9-10-18)15-24(20(25)17-11-12-17)19-8-5-13-23-14-19/h5,8,13-14,16-18H,4,6-7,9-12,15H2,1-3H3/t16-,18?/m1/s1. The van der Waals surface area contributed by atoms with Crippen molar-refractivity contribution >= 4 is 17.6 Å². The number of ether oxygens (including phenoxy) is 1. The SMILES string of the molecule is CC(C)(C)OC(=O)C1CCC[C@@H](CN(C(=O)C2CC2)c2cccnc2)CC1. The van der Waals surface area contributed by atoms with Gasteiger partial charge in [-0.05, 0) is 77.3 Å². The van der Waals surface area contributed by atoms with Gasteiger partial charge in [0.05, 0.1) is 17.8 Å². The zero-order valence-electron chi connectivity index (χ0n) is 16.8. The molecule has 2 saturated carbocycles. The van der Waals surface area contributed by atoms with Crippen molar-refractivity contribution < 1.29 is 14.3 Å². The summed E-state index contributed by atoms with van der Waals surface area (Å²) < 4.78 is 5.58. The second kappa shape index (κ2) is 8.41. The second-order valence-electron chi connectivity index (χ2n) is 9.04. The molecule has 148 valence electrons. The van der Waals surface area contributed by atoms with Gasteiger partial charge in [-0.1, -0.05) is 6.42 Å². The molecule has 0 spiro atoms. The molecule has 2 fully saturated rings. The molecule has 2 aliphatic carbocycles. The molecule has 1 heterocycles. The van der Waals surface area contributed by atoms with Crippen LogP contribution in [0.2, 0.25) is 0 Å². The maximum absolute atomic E-state index is 12.8. The predicted octanol–water partition coefficient (Wildman–Crippen LogP) is 4.36. The van der Waals surface area contributed by atoms with Crippen LogP contribution in [0.25, 0.3) is 0 Å². The van der Waals surface area contributed by atoms with Crippen molar-refractivity contribution in [2.24, 2.45) is 17.8 Å². The molecular formula is C22H32N2O3. The smallest absolute Gasteiger partial charge is 0.309 e. The minimum Gasteiger partial charge on any atom is -0.460 e. The zero-order valence-corrected chi connectivity index (χ0v) is 16.8. The van der Waals surface area contributed by atoms with Crippen molar-refractivity contribution in [1.82, 2.24) is 4.98 Å². The number of pyridine rings is 1. The fourth-order valence-electron chi connectivity index (χ4n) is 3.83. The fraction of sp³-hybridized carbons (Fsp3) is 0.682. The summed E-state index contributed by atoms with van der Waals surface area (Å²) in [7, 11) is 0. The molecule has 1 unspecified atom stereocenters. The lowest BCUT2D eigenvalue weighted by Gasteiger charge is -2.27. The van der Waals surface area contributed by atoms with Gasteiger partial charge in [0.2, 0.25) is 5.91 Å². The van der Waals surface area contributed by atoms with E-state index in [0.717, 1.165) is 57.2 Å². The highest BCUT2D eigenvalue weighted by Gasteiger charge is 2.36. The van der Waals surface area contributed by atoms with Gasteiger partial charge in [-0.25, -0.2) is 0 Å². The van der Waals surface area contributed by atoms with Crippen molar-refractivity contribution in [1.29, 1.82) is 0 Å². The van der Waals surface area contributed by atoms with E-state index in [4.69, 9.17) is 4.74 Å². The van der Waals surface area contributed by atoms with Crippen molar-refractivity contribution in [3.63, 3.8) is 0 Å². The Morgan fingerprint density at radius 1 is 1.11 bits per heavy atom. The summed E-state index contributed by atoms with van der Waals surface area (Å²) >= 11 is 0. The molecule has 0 aromatic carbocycles. The van der Waals surface area contributed by atoms with E-state index in [1.165, 1.54) is 0 Å². The van der Waals surface area contributed by atoms with Gasteiger partial charge in [-0.15, -0.1) is 0 Å². The highest BCUT2D eigenvalue weighted by molar-refractivity contribution is 5.96. The number of rotatable bonds is 5. The minimum atomic E-state index is -0.434. The topological polar surface area (TPSA) is 59.5 Å². The normalized spacial score (nSPS) is 23.4. The van der Waals surface area contributed by atoms with E-state index in [2.05, 4.69) is 4.98 Å². The third kappa shape index (κ3) is 5.78. The van der Waals surface area contributed by atoms with Gasteiger partial charge in [0, 0.05) is 18.7 Å². The van der Waals surface area contributed by atoms with Crippen molar-refractivity contribution in [3.8, 4) is 0 Å². The number of nitrogens with zero attached hydrogens (tertiary/aromatic N) is 2. The fourth-order valence-corrected chi connectivity index (χ4v) is 3.83. The van der Waals surface area contributed by atoms with Gasteiger partial charge < -0.3 is 9.64 Å². The Morgan fingerprint density at radius 3 is 2.48 bits per heavy atom. The van der Waals surface area contributed by atoms with Crippen LogP contribution in [-0.4, -0.2) is 29.0 Å². The largest absolute Gasteiger partial charge is 0.460 e. The quantitative estimate of drug-likeness (QED) is 0.569. The Hall–Kier alpha value is -1.91. The first kappa shape index (κ1) is 19.8. The van der Waals surface area contributed by atoms with Crippen LogP contribution in [0.15, 0.2) is 24.5 Å². The molecule has 5 heteroatoms.